The second-order valence-corrected chi connectivity index (χ2v) is 6.62. The molecule has 0 atom stereocenters. The molecule has 21 heavy (non-hydrogen) atoms. The molecule has 0 saturated carbocycles. The van der Waals surface area contributed by atoms with Crippen LogP contribution in [0.2, 0.25) is 0 Å². The third-order valence-electron chi connectivity index (χ3n) is 3.43. The Morgan fingerprint density at radius 3 is 2.48 bits per heavy atom. The van der Waals surface area contributed by atoms with Gasteiger partial charge in [-0.3, -0.25) is 0 Å². The first-order valence-corrected chi connectivity index (χ1v) is 8.38. The van der Waals surface area contributed by atoms with Gasteiger partial charge < -0.3 is 10.5 Å². The quantitative estimate of drug-likeness (QED) is 0.746. The lowest BCUT2D eigenvalue weighted by Crippen LogP contribution is -2.42. The molecule has 5 nitrogen and oxygen atoms in total. The summed E-state index contributed by atoms with van der Waals surface area (Å²) < 4.78 is 45.3. The molecule has 0 saturated heterocycles. The van der Waals surface area contributed by atoms with Crippen LogP contribution in [0.4, 0.5) is 10.1 Å². The molecule has 1 rings (SSSR count). The molecule has 0 unspecified atom stereocenters. The number of nitrogens with zero attached hydrogens (tertiary/aromatic N) is 1. The Labute approximate surface area is 125 Å². The number of nitrogens with two attached hydrogens (primary N) is 1. The standard InChI is InChI=1S/C14H23FN2O3S/c1-4-12(5-2)17(8-9-20-3)21(18,19)14-10-11(15)6-7-13(14)16/h6-7,10,12H,4-5,8-9,16H2,1-3H3. The minimum atomic E-state index is -3.86. The minimum absolute atomic E-state index is 0.0461. The van der Waals surface area contributed by atoms with E-state index in [0.717, 1.165) is 12.1 Å². The lowest BCUT2D eigenvalue weighted by molar-refractivity contribution is 0.163. The number of benzene rings is 1. The molecular weight excluding hydrogens is 295 g/mol. The number of anilines is 1. The highest BCUT2D eigenvalue weighted by molar-refractivity contribution is 7.89. The van der Waals surface area contributed by atoms with E-state index in [1.165, 1.54) is 17.5 Å². The smallest absolute Gasteiger partial charge is 0.245 e. The Morgan fingerprint density at radius 2 is 1.95 bits per heavy atom. The van der Waals surface area contributed by atoms with Crippen molar-refractivity contribution in [3.05, 3.63) is 24.0 Å². The van der Waals surface area contributed by atoms with E-state index in [9.17, 15) is 12.8 Å². The van der Waals surface area contributed by atoms with Gasteiger partial charge in [-0.25, -0.2) is 12.8 Å². The van der Waals surface area contributed by atoms with Crippen molar-refractivity contribution in [3.8, 4) is 0 Å². The predicted octanol–water partition coefficient (Wildman–Crippen LogP) is 2.23. The molecule has 0 fully saturated rings. The van der Waals surface area contributed by atoms with E-state index in [-0.39, 0.29) is 29.8 Å². The molecule has 0 bridgehead atoms. The molecule has 0 aliphatic rings. The minimum Gasteiger partial charge on any atom is -0.398 e. The summed E-state index contributed by atoms with van der Waals surface area (Å²) in [7, 11) is -2.35. The van der Waals surface area contributed by atoms with Crippen LogP contribution in [0.5, 0.6) is 0 Å². The van der Waals surface area contributed by atoms with Gasteiger partial charge in [0.25, 0.3) is 0 Å². The van der Waals surface area contributed by atoms with Gasteiger partial charge in [0.2, 0.25) is 10.0 Å². The van der Waals surface area contributed by atoms with E-state index in [2.05, 4.69) is 0 Å². The first-order valence-electron chi connectivity index (χ1n) is 6.94. The van der Waals surface area contributed by atoms with Crippen LogP contribution in [0, 0.1) is 5.82 Å². The molecule has 0 heterocycles. The van der Waals surface area contributed by atoms with Crippen molar-refractivity contribution in [3.63, 3.8) is 0 Å². The average Bonchev–Trinajstić information content (AvgIpc) is 2.45. The fourth-order valence-corrected chi connectivity index (χ4v) is 4.12. The molecular formula is C14H23FN2O3S. The molecule has 0 aliphatic heterocycles. The SMILES string of the molecule is CCC(CC)N(CCOC)S(=O)(=O)c1cc(F)ccc1N. The highest BCUT2D eigenvalue weighted by Gasteiger charge is 2.31. The van der Waals surface area contributed by atoms with Crippen LogP contribution in [-0.2, 0) is 14.8 Å². The third-order valence-corrected chi connectivity index (χ3v) is 5.44. The number of methoxy groups -OCH3 is 1. The maximum absolute atomic E-state index is 13.4. The van der Waals surface area contributed by atoms with E-state index in [0.29, 0.717) is 12.8 Å². The van der Waals surface area contributed by atoms with E-state index in [4.69, 9.17) is 10.5 Å². The molecule has 2 N–H and O–H groups in total. The summed E-state index contributed by atoms with van der Waals surface area (Å²) in [6.45, 7) is 4.31. The van der Waals surface area contributed by atoms with Gasteiger partial charge in [0.1, 0.15) is 10.7 Å². The first-order chi connectivity index (χ1) is 9.88. The second kappa shape index (κ2) is 7.72. The predicted molar refractivity (Wildman–Crippen MR) is 81.0 cm³/mol. The molecule has 0 spiro atoms. The van der Waals surface area contributed by atoms with Crippen LogP contribution < -0.4 is 5.73 Å². The lowest BCUT2D eigenvalue weighted by atomic mass is 10.2. The molecule has 120 valence electrons. The van der Waals surface area contributed by atoms with E-state index < -0.39 is 15.8 Å². The van der Waals surface area contributed by atoms with Gasteiger partial charge in [0.05, 0.1) is 12.3 Å². The fourth-order valence-electron chi connectivity index (χ4n) is 2.23. The van der Waals surface area contributed by atoms with E-state index in [1.54, 1.807) is 0 Å². The normalized spacial score (nSPS) is 12.3. The Morgan fingerprint density at radius 1 is 1.33 bits per heavy atom. The zero-order valence-corrected chi connectivity index (χ0v) is 13.5. The van der Waals surface area contributed by atoms with Gasteiger partial charge in [-0.15, -0.1) is 0 Å². The number of halogens is 1. The van der Waals surface area contributed by atoms with Gasteiger partial charge in [-0.2, -0.15) is 4.31 Å². The van der Waals surface area contributed by atoms with E-state index in [1.807, 2.05) is 13.8 Å². The van der Waals surface area contributed by atoms with Crippen LogP contribution in [0.25, 0.3) is 0 Å². The topological polar surface area (TPSA) is 72.6 Å². The summed E-state index contributed by atoms with van der Waals surface area (Å²) in [5.41, 5.74) is 5.77. The molecule has 0 aromatic heterocycles. The van der Waals surface area contributed by atoms with Crippen molar-refractivity contribution < 1.29 is 17.5 Å². The van der Waals surface area contributed by atoms with Crippen molar-refractivity contribution in [2.45, 2.75) is 37.6 Å². The highest BCUT2D eigenvalue weighted by atomic mass is 32.2. The van der Waals surface area contributed by atoms with Gasteiger partial charge in [0.15, 0.2) is 0 Å². The maximum atomic E-state index is 13.4. The van der Waals surface area contributed by atoms with Gasteiger partial charge in [-0.05, 0) is 31.0 Å². The summed E-state index contributed by atoms with van der Waals surface area (Å²) in [5.74, 6) is -0.626. The number of ether oxygens (including phenoxy) is 1. The van der Waals surface area contributed by atoms with E-state index >= 15 is 0 Å². The molecule has 0 aliphatic carbocycles. The largest absolute Gasteiger partial charge is 0.398 e. The van der Waals surface area contributed by atoms with Crippen molar-refractivity contribution in [2.75, 3.05) is 26.0 Å². The number of sulfonamides is 1. The van der Waals surface area contributed by atoms with Gasteiger partial charge >= 0.3 is 0 Å². The van der Waals surface area contributed by atoms with Crippen LogP contribution >= 0.6 is 0 Å². The molecule has 0 radical (unpaired) electrons. The Balaban J connectivity index is 3.28. The van der Waals surface area contributed by atoms with Crippen LogP contribution in [-0.4, -0.2) is 39.0 Å². The molecule has 1 aromatic rings. The number of rotatable bonds is 8. The van der Waals surface area contributed by atoms with Crippen molar-refractivity contribution in [2.24, 2.45) is 0 Å². The Bertz CT molecular complexity index is 559. The zero-order chi connectivity index (χ0) is 16.0. The Kier molecular flexibility index (Phi) is 6.57. The average molecular weight is 318 g/mol. The summed E-state index contributed by atoms with van der Waals surface area (Å²) >= 11 is 0. The molecule has 7 heteroatoms. The van der Waals surface area contributed by atoms with Gasteiger partial charge in [0, 0.05) is 19.7 Å². The summed E-state index contributed by atoms with van der Waals surface area (Å²) in [6.07, 6.45) is 1.32. The fraction of sp³-hybridized carbons (Fsp3) is 0.571. The summed E-state index contributed by atoms with van der Waals surface area (Å²) in [5, 5.41) is 0. The lowest BCUT2D eigenvalue weighted by Gasteiger charge is -2.29. The van der Waals surface area contributed by atoms with Crippen molar-refractivity contribution in [1.29, 1.82) is 0 Å². The van der Waals surface area contributed by atoms with Gasteiger partial charge in [-0.1, -0.05) is 13.8 Å². The number of hydrogen-bond donors (Lipinski definition) is 1. The number of hydrogen-bond acceptors (Lipinski definition) is 4. The van der Waals surface area contributed by atoms with Crippen molar-refractivity contribution in [1.82, 2.24) is 4.31 Å². The summed E-state index contributed by atoms with van der Waals surface area (Å²) in [6, 6.07) is 3.20. The third kappa shape index (κ3) is 4.15. The monoisotopic (exact) mass is 318 g/mol. The second-order valence-electron chi connectivity index (χ2n) is 4.76. The van der Waals surface area contributed by atoms with Crippen LogP contribution in [0.1, 0.15) is 26.7 Å². The van der Waals surface area contributed by atoms with Crippen LogP contribution in [0.3, 0.4) is 0 Å². The van der Waals surface area contributed by atoms with Crippen LogP contribution in [0.15, 0.2) is 23.1 Å². The molecule has 0 amide bonds. The highest BCUT2D eigenvalue weighted by Crippen LogP contribution is 2.26. The summed E-state index contributed by atoms with van der Waals surface area (Å²) in [4.78, 5) is -0.189. The number of nitrogen functional groups attached to an aromatic ring is 1. The molecule has 1 aromatic carbocycles. The maximum Gasteiger partial charge on any atom is 0.245 e. The van der Waals surface area contributed by atoms with Crippen molar-refractivity contribution >= 4 is 15.7 Å². The zero-order valence-electron chi connectivity index (χ0n) is 12.7. The Hall–Kier alpha value is -1.18. The first kappa shape index (κ1) is 17.9.